The molecule has 0 aliphatic rings. The monoisotopic (exact) mass is 326 g/mol. The fourth-order valence-electron chi connectivity index (χ4n) is 1.87. The van der Waals surface area contributed by atoms with E-state index in [1.165, 1.54) is 37.0 Å². The van der Waals surface area contributed by atoms with Gasteiger partial charge in [0.25, 0.3) is 5.56 Å². The quantitative estimate of drug-likeness (QED) is 0.712. The highest BCUT2D eigenvalue weighted by Gasteiger charge is 2.18. The molecule has 2 aromatic heterocycles. The maximum atomic E-state index is 12.1. The molecule has 0 saturated heterocycles. The molecule has 0 N–H and O–H groups in total. The third-order valence-electron chi connectivity index (χ3n) is 3.09. The fourth-order valence-corrected chi connectivity index (χ4v) is 2.79. The lowest BCUT2D eigenvalue weighted by Gasteiger charge is -2.13. The molecular formula is C12H18N6O3S. The molecule has 120 valence electrons. The summed E-state index contributed by atoms with van der Waals surface area (Å²) in [6, 6.07) is 2.52. The first-order chi connectivity index (χ1) is 10.4. The maximum Gasteiger partial charge on any atom is 0.251 e. The summed E-state index contributed by atoms with van der Waals surface area (Å²) in [4.78, 5) is 12.0. The summed E-state index contributed by atoms with van der Waals surface area (Å²) < 4.78 is 28.2. The molecular weight excluding hydrogens is 308 g/mol. The number of rotatable bonds is 6. The Bertz CT molecular complexity index is 808. The van der Waals surface area contributed by atoms with Crippen LogP contribution in [-0.2, 0) is 23.1 Å². The van der Waals surface area contributed by atoms with E-state index in [9.17, 15) is 13.2 Å². The first-order valence-corrected chi connectivity index (χ1v) is 8.18. The first kappa shape index (κ1) is 16.3. The number of hydrogen-bond donors (Lipinski definition) is 0. The molecule has 0 spiro atoms. The van der Waals surface area contributed by atoms with Crippen LogP contribution in [0.3, 0.4) is 0 Å². The van der Waals surface area contributed by atoms with Crippen LogP contribution in [0.2, 0.25) is 0 Å². The molecule has 9 nitrogen and oxygen atoms in total. The van der Waals surface area contributed by atoms with Crippen LogP contribution in [0.25, 0.3) is 0 Å². The van der Waals surface area contributed by atoms with E-state index in [-0.39, 0.29) is 17.0 Å². The van der Waals surface area contributed by atoms with E-state index >= 15 is 0 Å². The van der Waals surface area contributed by atoms with Crippen molar-refractivity contribution in [2.45, 2.75) is 31.3 Å². The van der Waals surface area contributed by atoms with Crippen molar-refractivity contribution in [3.8, 4) is 0 Å². The summed E-state index contributed by atoms with van der Waals surface area (Å²) in [5.74, 6) is 0.503. The summed E-state index contributed by atoms with van der Waals surface area (Å²) in [5.41, 5.74) is -0.316. The molecule has 0 fully saturated rings. The van der Waals surface area contributed by atoms with Crippen molar-refractivity contribution in [2.75, 3.05) is 14.1 Å². The largest absolute Gasteiger partial charge is 0.306 e. The molecule has 0 aliphatic carbocycles. The number of aromatic nitrogens is 5. The zero-order valence-corrected chi connectivity index (χ0v) is 13.5. The minimum absolute atomic E-state index is 0.0478. The Hall–Kier alpha value is -2.07. The molecule has 0 saturated carbocycles. The topological polar surface area (TPSA) is 103 Å². The third-order valence-corrected chi connectivity index (χ3v) is 4.89. The lowest BCUT2D eigenvalue weighted by molar-refractivity contribution is 0.517. The zero-order valence-electron chi connectivity index (χ0n) is 12.7. The van der Waals surface area contributed by atoms with Crippen molar-refractivity contribution in [1.82, 2.24) is 29.1 Å². The van der Waals surface area contributed by atoms with E-state index in [1.54, 1.807) is 4.68 Å². The van der Waals surface area contributed by atoms with Crippen LogP contribution in [0.5, 0.6) is 0 Å². The van der Waals surface area contributed by atoms with Crippen molar-refractivity contribution in [3.63, 3.8) is 0 Å². The first-order valence-electron chi connectivity index (χ1n) is 6.74. The van der Waals surface area contributed by atoms with Crippen molar-refractivity contribution < 1.29 is 8.42 Å². The van der Waals surface area contributed by atoms with Gasteiger partial charge >= 0.3 is 0 Å². The zero-order chi connectivity index (χ0) is 16.3. The number of pyridine rings is 1. The second-order valence-electron chi connectivity index (χ2n) is 4.94. The van der Waals surface area contributed by atoms with Crippen LogP contribution in [0, 0.1) is 0 Å². The van der Waals surface area contributed by atoms with Gasteiger partial charge in [0.15, 0.2) is 5.82 Å². The van der Waals surface area contributed by atoms with Gasteiger partial charge in [0.2, 0.25) is 10.0 Å². The SMILES string of the molecule is CCCn1nnnc1Cn1cc(S(=O)(=O)N(C)C)ccc1=O. The van der Waals surface area contributed by atoms with Crippen molar-refractivity contribution in [3.05, 3.63) is 34.5 Å². The van der Waals surface area contributed by atoms with Gasteiger partial charge in [-0.2, -0.15) is 0 Å². The number of hydrogen-bond acceptors (Lipinski definition) is 6. The van der Waals surface area contributed by atoms with Gasteiger partial charge < -0.3 is 4.57 Å². The van der Waals surface area contributed by atoms with Crippen molar-refractivity contribution in [2.24, 2.45) is 0 Å². The van der Waals surface area contributed by atoms with Crippen molar-refractivity contribution in [1.29, 1.82) is 0 Å². The Labute approximate surface area is 128 Å². The predicted molar refractivity (Wildman–Crippen MR) is 78.8 cm³/mol. The molecule has 0 aliphatic heterocycles. The summed E-state index contributed by atoms with van der Waals surface area (Å²) in [7, 11) is -0.726. The molecule has 0 radical (unpaired) electrons. The molecule has 2 heterocycles. The van der Waals surface area contributed by atoms with E-state index in [2.05, 4.69) is 15.5 Å². The highest BCUT2D eigenvalue weighted by molar-refractivity contribution is 7.89. The molecule has 0 bridgehead atoms. The second-order valence-corrected chi connectivity index (χ2v) is 7.09. The molecule has 0 amide bonds. The van der Waals surface area contributed by atoms with Gasteiger partial charge in [-0.25, -0.2) is 17.4 Å². The van der Waals surface area contributed by atoms with E-state index in [0.717, 1.165) is 10.7 Å². The van der Waals surface area contributed by atoms with Gasteiger partial charge in [-0.3, -0.25) is 4.79 Å². The maximum absolute atomic E-state index is 12.1. The minimum Gasteiger partial charge on any atom is -0.306 e. The normalized spacial score (nSPS) is 12.0. The fraction of sp³-hybridized carbons (Fsp3) is 0.500. The Morgan fingerprint density at radius 3 is 2.64 bits per heavy atom. The van der Waals surface area contributed by atoms with Crippen LogP contribution in [0.1, 0.15) is 19.2 Å². The molecule has 0 aromatic carbocycles. The van der Waals surface area contributed by atoms with Gasteiger partial charge in [0.1, 0.15) is 0 Å². The molecule has 2 aromatic rings. The number of sulfonamides is 1. The highest BCUT2D eigenvalue weighted by Crippen LogP contribution is 2.11. The molecule has 0 atom stereocenters. The van der Waals surface area contributed by atoms with Crippen LogP contribution in [0.15, 0.2) is 28.0 Å². The average molecular weight is 326 g/mol. The number of nitrogens with zero attached hydrogens (tertiary/aromatic N) is 6. The Balaban J connectivity index is 2.40. The van der Waals surface area contributed by atoms with Gasteiger partial charge in [0.05, 0.1) is 11.4 Å². The van der Waals surface area contributed by atoms with E-state index < -0.39 is 10.0 Å². The van der Waals surface area contributed by atoms with E-state index in [4.69, 9.17) is 0 Å². The molecule has 10 heteroatoms. The number of aryl methyl sites for hydroxylation is 1. The Kier molecular flexibility index (Phi) is 4.71. The lowest BCUT2D eigenvalue weighted by atomic mass is 10.4. The van der Waals surface area contributed by atoms with E-state index in [0.29, 0.717) is 12.4 Å². The molecule has 22 heavy (non-hydrogen) atoms. The second kappa shape index (κ2) is 6.36. The van der Waals surface area contributed by atoms with Gasteiger partial charge in [-0.05, 0) is 22.9 Å². The smallest absolute Gasteiger partial charge is 0.251 e. The van der Waals surface area contributed by atoms with Crippen LogP contribution in [0.4, 0.5) is 0 Å². The van der Waals surface area contributed by atoms with Gasteiger partial charge in [0, 0.05) is 32.9 Å². The molecule has 0 unspecified atom stereocenters. The highest BCUT2D eigenvalue weighted by atomic mass is 32.2. The van der Waals surface area contributed by atoms with Crippen LogP contribution < -0.4 is 5.56 Å². The van der Waals surface area contributed by atoms with Crippen molar-refractivity contribution >= 4 is 10.0 Å². The Morgan fingerprint density at radius 2 is 2.00 bits per heavy atom. The summed E-state index contributed by atoms with van der Waals surface area (Å²) in [5, 5.41) is 11.3. The van der Waals surface area contributed by atoms with E-state index in [1.807, 2.05) is 6.92 Å². The van der Waals surface area contributed by atoms with Gasteiger partial charge in [-0.15, -0.1) is 5.10 Å². The summed E-state index contributed by atoms with van der Waals surface area (Å²) in [6.45, 7) is 2.73. The van der Waals surface area contributed by atoms with Crippen LogP contribution in [-0.4, -0.2) is 51.6 Å². The standard InChI is InChI=1S/C12H18N6O3S/c1-4-7-18-11(13-14-15-18)9-17-8-10(5-6-12(17)19)22(20,21)16(2)3/h5-6,8H,4,7,9H2,1-3H3. The minimum atomic E-state index is -3.60. The van der Waals surface area contributed by atoms with Gasteiger partial charge in [-0.1, -0.05) is 6.92 Å². The molecule has 2 rings (SSSR count). The lowest BCUT2D eigenvalue weighted by Crippen LogP contribution is -2.26. The average Bonchev–Trinajstić information content (AvgIpc) is 2.88. The summed E-state index contributed by atoms with van der Waals surface area (Å²) in [6.07, 6.45) is 2.16. The predicted octanol–water partition coefficient (Wildman–Crippen LogP) is -0.457. The number of tetrazole rings is 1. The Morgan fingerprint density at radius 1 is 1.27 bits per heavy atom. The van der Waals surface area contributed by atoms with Crippen LogP contribution >= 0.6 is 0 Å². The summed E-state index contributed by atoms with van der Waals surface area (Å²) >= 11 is 0. The third kappa shape index (κ3) is 3.22.